The molecule has 10 nitrogen and oxygen atoms in total. The van der Waals surface area contributed by atoms with Crippen molar-refractivity contribution in [3.63, 3.8) is 0 Å². The molecule has 0 radical (unpaired) electrons. The molecule has 2 aromatic carbocycles. The zero-order valence-electron chi connectivity index (χ0n) is 27.0. The Balaban J connectivity index is 1.49. The predicted octanol–water partition coefficient (Wildman–Crippen LogP) is 6.10. The van der Waals surface area contributed by atoms with Gasteiger partial charge in [0.05, 0.1) is 29.8 Å². The number of nitrogen functional groups attached to an aromatic ring is 1. The molecule has 5 rings (SSSR count). The van der Waals surface area contributed by atoms with Gasteiger partial charge in [-0.25, -0.2) is 26.6 Å². The summed E-state index contributed by atoms with van der Waals surface area (Å²) < 4.78 is 85.4. The smallest absolute Gasteiger partial charge is 0.264 e. The van der Waals surface area contributed by atoms with Crippen molar-refractivity contribution in [3.05, 3.63) is 65.6 Å². The van der Waals surface area contributed by atoms with Gasteiger partial charge in [-0.2, -0.15) is 5.10 Å². The number of rotatable bonds is 13. The van der Waals surface area contributed by atoms with E-state index in [1.54, 1.807) is 25.1 Å². The van der Waals surface area contributed by atoms with Gasteiger partial charge in [0.15, 0.2) is 0 Å². The lowest BCUT2D eigenvalue weighted by atomic mass is 9.81. The van der Waals surface area contributed by atoms with E-state index in [4.69, 9.17) is 20.3 Å². The van der Waals surface area contributed by atoms with Crippen LogP contribution in [0, 0.1) is 17.5 Å². The maximum Gasteiger partial charge on any atom is 0.264 e. The number of hydrogen-bond donors (Lipinski definition) is 2. The summed E-state index contributed by atoms with van der Waals surface area (Å²) in [6, 6.07) is 6.46. The first-order valence-electron chi connectivity index (χ1n) is 15.6. The van der Waals surface area contributed by atoms with E-state index in [0.717, 1.165) is 68.6 Å². The largest absolute Gasteiger partial charge is 0.383 e. The first-order valence-corrected chi connectivity index (χ1v) is 17.1. The zero-order valence-corrected chi connectivity index (χ0v) is 27.8. The second-order valence-electron chi connectivity index (χ2n) is 12.1. The highest BCUT2D eigenvalue weighted by Crippen LogP contribution is 2.43. The molecular weight excluding hydrogens is 633 g/mol. The topological polar surface area (TPSA) is 125 Å². The van der Waals surface area contributed by atoms with Gasteiger partial charge in [-0.15, -0.1) is 0 Å². The second-order valence-corrected chi connectivity index (χ2v) is 13.7. The number of nitrogens with one attached hydrogen (secondary N) is 1. The van der Waals surface area contributed by atoms with Crippen molar-refractivity contribution < 1.29 is 31.1 Å². The molecule has 1 aliphatic rings. The van der Waals surface area contributed by atoms with Crippen molar-refractivity contribution in [2.45, 2.75) is 62.4 Å². The number of sulfonamides is 1. The fraction of sp³-hybridized carbons (Fsp3) is 0.455. The third-order valence-electron chi connectivity index (χ3n) is 8.77. The summed E-state index contributed by atoms with van der Waals surface area (Å²) in [5.74, 6) is -2.77. The molecular formula is C33H41F3N6O4S. The molecule has 3 N–H and O–H groups in total. The second kappa shape index (κ2) is 14.6. The average molecular weight is 675 g/mol. The fourth-order valence-corrected chi connectivity index (χ4v) is 7.53. The highest BCUT2D eigenvalue weighted by Gasteiger charge is 2.31. The number of benzene rings is 2. The van der Waals surface area contributed by atoms with Gasteiger partial charge >= 0.3 is 0 Å². The van der Waals surface area contributed by atoms with Crippen molar-refractivity contribution in [2.24, 2.45) is 0 Å². The van der Waals surface area contributed by atoms with Crippen LogP contribution < -0.4 is 10.5 Å². The van der Waals surface area contributed by atoms with Crippen molar-refractivity contribution in [1.82, 2.24) is 19.7 Å². The molecule has 14 heteroatoms. The monoisotopic (exact) mass is 674 g/mol. The summed E-state index contributed by atoms with van der Waals surface area (Å²) in [5, 5.41) is 5.12. The number of nitrogens with zero attached hydrogens (tertiary/aromatic N) is 4. The first-order chi connectivity index (χ1) is 22.5. The van der Waals surface area contributed by atoms with Crippen LogP contribution in [0.4, 0.5) is 24.7 Å². The van der Waals surface area contributed by atoms with Gasteiger partial charge in [-0.05, 0) is 69.2 Å². The van der Waals surface area contributed by atoms with Crippen LogP contribution in [0.15, 0.2) is 47.5 Å². The van der Waals surface area contributed by atoms with Crippen molar-refractivity contribution >= 4 is 32.4 Å². The van der Waals surface area contributed by atoms with Crippen LogP contribution in [0.1, 0.15) is 57.1 Å². The molecule has 0 aliphatic heterocycles. The van der Waals surface area contributed by atoms with Crippen LogP contribution in [0.2, 0.25) is 0 Å². The average Bonchev–Trinajstić information content (AvgIpc) is 3.45. The van der Waals surface area contributed by atoms with Gasteiger partial charge in [0, 0.05) is 57.2 Å². The quantitative estimate of drug-likeness (QED) is 0.174. The van der Waals surface area contributed by atoms with Crippen LogP contribution in [0.5, 0.6) is 0 Å². The SMILES string of the molecule is COCCN(CCOC)C1CCC(c2cnc(N)c3c(-c4cc(F)c(NS(=O)(=O)c5ccccc5F)cc4F)nn(C(C)C)c23)CC1. The van der Waals surface area contributed by atoms with Crippen LogP contribution >= 0.6 is 0 Å². The molecule has 0 saturated heterocycles. The van der Waals surface area contributed by atoms with E-state index in [0.29, 0.717) is 30.2 Å². The number of fused-ring (bicyclic) bond motifs is 1. The highest BCUT2D eigenvalue weighted by molar-refractivity contribution is 7.92. The number of methoxy groups -OCH3 is 2. The number of aromatic nitrogens is 3. The Morgan fingerprint density at radius 3 is 2.28 bits per heavy atom. The highest BCUT2D eigenvalue weighted by atomic mass is 32.2. The molecule has 0 bridgehead atoms. The summed E-state index contributed by atoms with van der Waals surface area (Å²) in [7, 11) is -1.15. The summed E-state index contributed by atoms with van der Waals surface area (Å²) >= 11 is 0. The third kappa shape index (κ3) is 7.25. The minimum absolute atomic E-state index is 0.0967. The first kappa shape index (κ1) is 34.6. The van der Waals surface area contributed by atoms with E-state index in [1.807, 2.05) is 18.6 Å². The van der Waals surface area contributed by atoms with E-state index in [2.05, 4.69) is 9.88 Å². The van der Waals surface area contributed by atoms with Crippen molar-refractivity contribution in [2.75, 3.05) is 51.0 Å². The van der Waals surface area contributed by atoms with Gasteiger partial charge in [-0.1, -0.05) is 12.1 Å². The van der Waals surface area contributed by atoms with Gasteiger partial charge in [0.25, 0.3) is 10.0 Å². The fourth-order valence-electron chi connectivity index (χ4n) is 6.39. The van der Waals surface area contributed by atoms with Crippen LogP contribution in [-0.4, -0.2) is 74.6 Å². The van der Waals surface area contributed by atoms with E-state index in [1.165, 1.54) is 12.1 Å². The van der Waals surface area contributed by atoms with Crippen molar-refractivity contribution in [1.29, 1.82) is 0 Å². The van der Waals surface area contributed by atoms with Gasteiger partial charge in [-0.3, -0.25) is 14.3 Å². The summed E-state index contributed by atoms with van der Waals surface area (Å²) in [6.07, 6.45) is 5.45. The molecule has 0 unspecified atom stereocenters. The molecule has 254 valence electrons. The molecule has 0 spiro atoms. The van der Waals surface area contributed by atoms with Crippen LogP contribution in [0.3, 0.4) is 0 Å². The van der Waals surface area contributed by atoms with E-state index >= 15 is 8.78 Å². The van der Waals surface area contributed by atoms with Gasteiger partial charge in [0.1, 0.15) is 33.9 Å². The van der Waals surface area contributed by atoms with E-state index in [9.17, 15) is 12.8 Å². The lowest BCUT2D eigenvalue weighted by Crippen LogP contribution is -2.41. The maximum atomic E-state index is 15.8. The summed E-state index contributed by atoms with van der Waals surface area (Å²) in [6.45, 7) is 6.79. The molecule has 0 amide bonds. The van der Waals surface area contributed by atoms with E-state index < -0.39 is 38.1 Å². The Morgan fingerprint density at radius 2 is 1.66 bits per heavy atom. The standard InChI is InChI=1S/C33H41F3N6O4S/c1-20(2)42-32-24(21-9-11-22(12-10-21)41(13-15-45-3)14-16-46-4)19-38-33(37)30(32)31(39-42)23-17-27(36)28(18-26(23)35)40-47(43,44)29-8-6-5-7-25(29)34/h5-8,17-22,40H,9-16H2,1-4H3,(H2,37,38). The Morgan fingerprint density at radius 1 is 1.00 bits per heavy atom. The Hall–Kier alpha value is -3.72. The number of halogens is 3. The Bertz CT molecular complexity index is 1820. The zero-order chi connectivity index (χ0) is 33.9. The third-order valence-corrected chi connectivity index (χ3v) is 10.2. The van der Waals surface area contributed by atoms with E-state index in [-0.39, 0.29) is 29.0 Å². The number of pyridine rings is 1. The molecule has 0 atom stereocenters. The van der Waals surface area contributed by atoms with Crippen molar-refractivity contribution in [3.8, 4) is 11.3 Å². The lowest BCUT2D eigenvalue weighted by Gasteiger charge is -2.37. The maximum absolute atomic E-state index is 15.8. The molecule has 1 aliphatic carbocycles. The molecule has 4 aromatic rings. The van der Waals surface area contributed by atoms with Gasteiger partial charge < -0.3 is 15.2 Å². The number of anilines is 2. The molecule has 1 saturated carbocycles. The lowest BCUT2D eigenvalue weighted by molar-refractivity contribution is 0.0716. The van der Waals surface area contributed by atoms with Crippen LogP contribution in [0.25, 0.3) is 22.2 Å². The number of hydrogen-bond acceptors (Lipinski definition) is 8. The predicted molar refractivity (Wildman–Crippen MR) is 175 cm³/mol. The normalized spacial score (nSPS) is 17.2. The Kier molecular flexibility index (Phi) is 10.7. The summed E-state index contributed by atoms with van der Waals surface area (Å²) in [4.78, 5) is 6.19. The van der Waals surface area contributed by atoms with Crippen LogP contribution in [-0.2, 0) is 19.5 Å². The minimum Gasteiger partial charge on any atom is -0.383 e. The molecule has 2 heterocycles. The molecule has 2 aromatic heterocycles. The number of ether oxygens (including phenoxy) is 2. The Labute approximate surface area is 273 Å². The molecule has 47 heavy (non-hydrogen) atoms. The van der Waals surface area contributed by atoms with Gasteiger partial charge in [0.2, 0.25) is 0 Å². The summed E-state index contributed by atoms with van der Waals surface area (Å²) in [5.41, 5.74) is 7.28. The minimum atomic E-state index is -4.54. The molecule has 1 fully saturated rings. The number of nitrogens with two attached hydrogens (primary N) is 1.